The highest BCUT2D eigenvalue weighted by Gasteiger charge is 1.91. The van der Waals surface area contributed by atoms with E-state index in [4.69, 9.17) is 5.73 Å². The van der Waals surface area contributed by atoms with Gasteiger partial charge in [-0.25, -0.2) is 4.98 Å². The molecule has 1 aromatic heterocycles. The quantitative estimate of drug-likeness (QED) is 0.658. The lowest BCUT2D eigenvalue weighted by Gasteiger charge is -1.99. The van der Waals surface area contributed by atoms with Crippen molar-refractivity contribution in [3.05, 3.63) is 23.9 Å². The Balaban J connectivity index is 2.56. The third kappa shape index (κ3) is 2.55. The SMILES string of the molecule is CNCCc1ccnc(N)c1. The number of nitrogens with two attached hydrogens (primary N) is 1. The van der Waals surface area contributed by atoms with Crippen molar-refractivity contribution in [1.29, 1.82) is 0 Å². The van der Waals surface area contributed by atoms with Crippen LogP contribution in [0, 0.1) is 0 Å². The van der Waals surface area contributed by atoms with Crippen molar-refractivity contribution in [3.8, 4) is 0 Å². The van der Waals surface area contributed by atoms with Crippen LogP contribution in [-0.4, -0.2) is 18.6 Å². The van der Waals surface area contributed by atoms with Gasteiger partial charge in [0.1, 0.15) is 5.82 Å². The van der Waals surface area contributed by atoms with Crippen LogP contribution in [0.15, 0.2) is 18.3 Å². The summed E-state index contributed by atoms with van der Waals surface area (Å²) in [6, 6.07) is 3.88. The molecule has 3 heteroatoms. The van der Waals surface area contributed by atoms with E-state index in [0.29, 0.717) is 5.82 Å². The molecule has 1 heterocycles. The number of anilines is 1. The first-order chi connectivity index (χ1) is 5.33. The summed E-state index contributed by atoms with van der Waals surface area (Å²) in [6.07, 6.45) is 2.74. The first kappa shape index (κ1) is 8.01. The number of likely N-dealkylation sites (N-methyl/N-ethyl adjacent to an activating group) is 1. The Morgan fingerprint density at radius 1 is 1.64 bits per heavy atom. The van der Waals surface area contributed by atoms with E-state index in [1.807, 2.05) is 19.2 Å². The van der Waals surface area contributed by atoms with Gasteiger partial charge in [0.05, 0.1) is 0 Å². The van der Waals surface area contributed by atoms with Gasteiger partial charge in [-0.15, -0.1) is 0 Å². The fourth-order valence-electron chi connectivity index (χ4n) is 0.919. The van der Waals surface area contributed by atoms with Gasteiger partial charge in [0, 0.05) is 6.20 Å². The monoisotopic (exact) mass is 151 g/mol. The summed E-state index contributed by atoms with van der Waals surface area (Å²) in [5.74, 6) is 0.596. The summed E-state index contributed by atoms with van der Waals surface area (Å²) in [6.45, 7) is 0.976. The lowest BCUT2D eigenvalue weighted by Crippen LogP contribution is -2.10. The number of hydrogen-bond acceptors (Lipinski definition) is 3. The standard InChI is InChI=1S/C8H13N3/c1-10-4-2-7-3-5-11-8(9)6-7/h3,5-6,10H,2,4H2,1H3,(H2,9,11). The lowest BCUT2D eigenvalue weighted by molar-refractivity contribution is 0.791. The molecule has 0 saturated heterocycles. The molecule has 0 radical (unpaired) electrons. The Kier molecular flexibility index (Phi) is 2.86. The fraction of sp³-hybridized carbons (Fsp3) is 0.375. The maximum atomic E-state index is 5.50. The van der Waals surface area contributed by atoms with Gasteiger partial charge in [0.2, 0.25) is 0 Å². The smallest absolute Gasteiger partial charge is 0.123 e. The van der Waals surface area contributed by atoms with Crippen LogP contribution in [-0.2, 0) is 6.42 Å². The van der Waals surface area contributed by atoms with E-state index in [1.165, 1.54) is 5.56 Å². The molecule has 0 amide bonds. The summed E-state index contributed by atoms with van der Waals surface area (Å²) in [4.78, 5) is 3.91. The van der Waals surface area contributed by atoms with Crippen LogP contribution in [0.2, 0.25) is 0 Å². The van der Waals surface area contributed by atoms with Gasteiger partial charge in [-0.05, 0) is 37.7 Å². The van der Waals surface area contributed by atoms with E-state index in [2.05, 4.69) is 10.3 Å². The summed E-state index contributed by atoms with van der Waals surface area (Å²) in [7, 11) is 1.94. The molecule has 60 valence electrons. The van der Waals surface area contributed by atoms with Gasteiger partial charge in [-0.3, -0.25) is 0 Å². The first-order valence-corrected chi connectivity index (χ1v) is 3.68. The molecular weight excluding hydrogens is 138 g/mol. The molecular formula is C8H13N3. The average Bonchev–Trinajstić information content (AvgIpc) is 2.01. The highest BCUT2D eigenvalue weighted by molar-refractivity contribution is 5.31. The van der Waals surface area contributed by atoms with Gasteiger partial charge < -0.3 is 11.1 Å². The summed E-state index contributed by atoms with van der Waals surface area (Å²) in [5, 5.41) is 3.07. The van der Waals surface area contributed by atoms with Gasteiger partial charge in [-0.1, -0.05) is 0 Å². The summed E-state index contributed by atoms with van der Waals surface area (Å²) >= 11 is 0. The molecule has 0 bridgehead atoms. The molecule has 0 aliphatic heterocycles. The normalized spacial score (nSPS) is 9.91. The predicted molar refractivity (Wildman–Crippen MR) is 46.3 cm³/mol. The van der Waals surface area contributed by atoms with Gasteiger partial charge >= 0.3 is 0 Å². The zero-order valence-corrected chi connectivity index (χ0v) is 6.67. The van der Waals surface area contributed by atoms with Gasteiger partial charge in [-0.2, -0.15) is 0 Å². The van der Waals surface area contributed by atoms with Crippen molar-refractivity contribution in [2.75, 3.05) is 19.3 Å². The number of nitrogen functional groups attached to an aromatic ring is 1. The topological polar surface area (TPSA) is 50.9 Å². The van der Waals surface area contributed by atoms with Crippen molar-refractivity contribution in [3.63, 3.8) is 0 Å². The maximum Gasteiger partial charge on any atom is 0.123 e. The summed E-state index contributed by atoms with van der Waals surface area (Å²) < 4.78 is 0. The molecule has 11 heavy (non-hydrogen) atoms. The molecule has 0 saturated carbocycles. The zero-order valence-electron chi connectivity index (χ0n) is 6.67. The lowest BCUT2D eigenvalue weighted by atomic mass is 10.2. The highest BCUT2D eigenvalue weighted by Crippen LogP contribution is 2.02. The fourth-order valence-corrected chi connectivity index (χ4v) is 0.919. The number of hydrogen-bond donors (Lipinski definition) is 2. The third-order valence-corrected chi connectivity index (χ3v) is 1.51. The van der Waals surface area contributed by atoms with Gasteiger partial charge in [0.25, 0.3) is 0 Å². The Labute approximate surface area is 66.6 Å². The number of rotatable bonds is 3. The number of aromatic nitrogens is 1. The van der Waals surface area contributed by atoms with Crippen LogP contribution in [0.5, 0.6) is 0 Å². The van der Waals surface area contributed by atoms with E-state index in [-0.39, 0.29) is 0 Å². The number of nitrogens with one attached hydrogen (secondary N) is 1. The Hall–Kier alpha value is -1.09. The van der Waals surface area contributed by atoms with E-state index in [0.717, 1.165) is 13.0 Å². The van der Waals surface area contributed by atoms with Crippen molar-refractivity contribution < 1.29 is 0 Å². The largest absolute Gasteiger partial charge is 0.384 e. The second kappa shape index (κ2) is 3.93. The first-order valence-electron chi connectivity index (χ1n) is 3.68. The van der Waals surface area contributed by atoms with Crippen LogP contribution in [0.25, 0.3) is 0 Å². The molecule has 3 nitrogen and oxygen atoms in total. The molecule has 0 atom stereocenters. The Bertz CT molecular complexity index is 222. The third-order valence-electron chi connectivity index (χ3n) is 1.51. The van der Waals surface area contributed by atoms with E-state index >= 15 is 0 Å². The minimum atomic E-state index is 0.596. The molecule has 0 aliphatic carbocycles. The second-order valence-corrected chi connectivity index (χ2v) is 2.44. The van der Waals surface area contributed by atoms with Gasteiger partial charge in [0.15, 0.2) is 0 Å². The minimum absolute atomic E-state index is 0.596. The maximum absolute atomic E-state index is 5.50. The predicted octanol–water partition coefficient (Wildman–Crippen LogP) is 0.426. The highest BCUT2D eigenvalue weighted by atomic mass is 14.8. The van der Waals surface area contributed by atoms with Crippen molar-refractivity contribution in [2.45, 2.75) is 6.42 Å². The molecule has 0 spiro atoms. The van der Waals surface area contributed by atoms with Crippen molar-refractivity contribution in [2.24, 2.45) is 0 Å². The summed E-state index contributed by atoms with van der Waals surface area (Å²) in [5.41, 5.74) is 6.73. The molecule has 0 fully saturated rings. The second-order valence-electron chi connectivity index (χ2n) is 2.44. The van der Waals surface area contributed by atoms with E-state index in [9.17, 15) is 0 Å². The minimum Gasteiger partial charge on any atom is -0.384 e. The molecule has 0 aromatic carbocycles. The average molecular weight is 151 g/mol. The van der Waals surface area contributed by atoms with Crippen LogP contribution < -0.4 is 11.1 Å². The number of pyridine rings is 1. The van der Waals surface area contributed by atoms with Crippen LogP contribution in [0.3, 0.4) is 0 Å². The Morgan fingerprint density at radius 2 is 2.45 bits per heavy atom. The molecule has 1 rings (SSSR count). The van der Waals surface area contributed by atoms with Crippen LogP contribution in [0.4, 0.5) is 5.82 Å². The molecule has 1 aromatic rings. The molecule has 3 N–H and O–H groups in total. The molecule has 0 aliphatic rings. The van der Waals surface area contributed by atoms with E-state index in [1.54, 1.807) is 6.20 Å². The van der Waals surface area contributed by atoms with Crippen molar-refractivity contribution in [1.82, 2.24) is 10.3 Å². The number of nitrogens with zero attached hydrogens (tertiary/aromatic N) is 1. The van der Waals surface area contributed by atoms with Crippen LogP contribution >= 0.6 is 0 Å². The van der Waals surface area contributed by atoms with Crippen LogP contribution in [0.1, 0.15) is 5.56 Å². The zero-order chi connectivity index (χ0) is 8.10. The Morgan fingerprint density at radius 3 is 3.09 bits per heavy atom. The van der Waals surface area contributed by atoms with Crippen molar-refractivity contribution >= 4 is 5.82 Å². The van der Waals surface area contributed by atoms with E-state index < -0.39 is 0 Å². The molecule has 0 unspecified atom stereocenters.